The highest BCUT2D eigenvalue weighted by atomic mass is 79.9. The largest absolute Gasteiger partial charge is 0.147 e. The molecule has 11 heavy (non-hydrogen) atoms. The topological polar surface area (TPSA) is 0 Å². The summed E-state index contributed by atoms with van der Waals surface area (Å²) in [5.41, 5.74) is 0. The van der Waals surface area contributed by atoms with Crippen molar-refractivity contribution in [3.8, 4) is 0 Å². The van der Waals surface area contributed by atoms with Crippen LogP contribution in [0.2, 0.25) is 0 Å². The van der Waals surface area contributed by atoms with Gasteiger partial charge in [-0.2, -0.15) is 0 Å². The maximum atomic E-state index is 5.75. The summed E-state index contributed by atoms with van der Waals surface area (Å²) in [6.07, 6.45) is 1.28. The molecule has 1 heterocycles. The quantitative estimate of drug-likeness (QED) is 0.701. The van der Waals surface area contributed by atoms with Gasteiger partial charge in [0.1, 0.15) is 0 Å². The molecule has 0 aliphatic heterocycles. The Kier molecular flexibility index (Phi) is 2.26. The molecule has 2 unspecified atom stereocenters. The Hall–Kier alpha value is 0.470. The van der Waals surface area contributed by atoms with Crippen molar-refractivity contribution in [2.45, 2.75) is 12.3 Å². The summed E-state index contributed by atoms with van der Waals surface area (Å²) in [5.74, 6) is 2.31. The zero-order valence-corrected chi connectivity index (χ0v) is 9.05. The van der Waals surface area contributed by atoms with E-state index in [1.54, 1.807) is 0 Å². The lowest BCUT2D eigenvalue weighted by atomic mass is 10.3. The highest BCUT2D eigenvalue weighted by Crippen LogP contribution is 2.51. The smallest absolute Gasteiger partial charge is 0.0317 e. The SMILES string of the molecule is ClCC1CC1c1sccc1Br. The molecule has 0 N–H and O–H groups in total. The van der Waals surface area contributed by atoms with E-state index >= 15 is 0 Å². The summed E-state index contributed by atoms with van der Waals surface area (Å²) in [5, 5.41) is 2.13. The molecule has 0 nitrogen and oxygen atoms in total. The van der Waals surface area contributed by atoms with Crippen LogP contribution in [0.4, 0.5) is 0 Å². The first kappa shape index (κ1) is 8.09. The molecule has 2 atom stereocenters. The first-order valence-electron chi connectivity index (χ1n) is 3.61. The van der Waals surface area contributed by atoms with Gasteiger partial charge in [-0.25, -0.2) is 0 Å². The predicted octanol–water partition coefficient (Wildman–Crippen LogP) is 3.85. The first-order valence-corrected chi connectivity index (χ1v) is 5.82. The average Bonchev–Trinajstić information content (AvgIpc) is 2.68. The van der Waals surface area contributed by atoms with Crippen molar-refractivity contribution in [3.63, 3.8) is 0 Å². The summed E-state index contributed by atoms with van der Waals surface area (Å²) < 4.78 is 1.26. The van der Waals surface area contributed by atoms with Crippen molar-refractivity contribution in [2.24, 2.45) is 5.92 Å². The van der Waals surface area contributed by atoms with E-state index in [0.717, 1.165) is 17.7 Å². The summed E-state index contributed by atoms with van der Waals surface area (Å²) in [4.78, 5) is 1.48. The van der Waals surface area contributed by atoms with E-state index in [-0.39, 0.29) is 0 Å². The second kappa shape index (κ2) is 3.08. The first-order chi connectivity index (χ1) is 5.33. The monoisotopic (exact) mass is 250 g/mol. The zero-order valence-electron chi connectivity index (χ0n) is 5.89. The molecule has 60 valence electrons. The van der Waals surface area contributed by atoms with E-state index in [2.05, 4.69) is 27.4 Å². The fourth-order valence-electron chi connectivity index (χ4n) is 1.31. The number of hydrogen-bond acceptors (Lipinski definition) is 1. The van der Waals surface area contributed by atoms with Crippen LogP contribution < -0.4 is 0 Å². The van der Waals surface area contributed by atoms with Crippen LogP contribution in [-0.4, -0.2) is 5.88 Å². The molecule has 0 amide bonds. The van der Waals surface area contributed by atoms with Crippen LogP contribution in [-0.2, 0) is 0 Å². The van der Waals surface area contributed by atoms with Gasteiger partial charge in [-0.15, -0.1) is 22.9 Å². The molecule has 1 aliphatic rings. The number of alkyl halides is 1. The van der Waals surface area contributed by atoms with Crippen LogP contribution in [0.5, 0.6) is 0 Å². The molecule has 0 radical (unpaired) electrons. The summed E-state index contributed by atoms with van der Waals surface area (Å²) in [6, 6.07) is 2.11. The second-order valence-corrected chi connectivity index (χ2v) is 5.00. The minimum atomic E-state index is 0.742. The van der Waals surface area contributed by atoms with Gasteiger partial charge in [0, 0.05) is 15.2 Å². The van der Waals surface area contributed by atoms with Gasteiger partial charge in [-0.1, -0.05) is 0 Å². The molecule has 1 fully saturated rings. The van der Waals surface area contributed by atoms with Gasteiger partial charge in [0.2, 0.25) is 0 Å². The van der Waals surface area contributed by atoms with E-state index in [4.69, 9.17) is 11.6 Å². The minimum absolute atomic E-state index is 0.742. The number of rotatable bonds is 2. The van der Waals surface area contributed by atoms with Gasteiger partial charge in [-0.3, -0.25) is 0 Å². The molecule has 3 heteroatoms. The Morgan fingerprint density at radius 3 is 3.00 bits per heavy atom. The molecule has 0 saturated heterocycles. The fraction of sp³-hybridized carbons (Fsp3) is 0.500. The lowest BCUT2D eigenvalue weighted by molar-refractivity contribution is 0.933. The molecule has 2 rings (SSSR count). The fourth-order valence-corrected chi connectivity index (χ4v) is 3.53. The number of thiophene rings is 1. The average molecular weight is 252 g/mol. The molecule has 1 aliphatic carbocycles. The van der Waals surface area contributed by atoms with Gasteiger partial charge in [-0.05, 0) is 45.6 Å². The highest BCUT2D eigenvalue weighted by Gasteiger charge is 2.39. The maximum absolute atomic E-state index is 5.75. The van der Waals surface area contributed by atoms with Crippen LogP contribution in [0.1, 0.15) is 17.2 Å². The van der Waals surface area contributed by atoms with Crippen molar-refractivity contribution >= 4 is 38.9 Å². The normalized spacial score (nSPS) is 28.9. The van der Waals surface area contributed by atoms with Gasteiger partial charge in [0.05, 0.1) is 0 Å². The minimum Gasteiger partial charge on any atom is -0.147 e. The van der Waals surface area contributed by atoms with Crippen molar-refractivity contribution in [1.82, 2.24) is 0 Å². The van der Waals surface area contributed by atoms with Crippen LogP contribution >= 0.6 is 38.9 Å². The Morgan fingerprint density at radius 2 is 2.55 bits per heavy atom. The summed E-state index contributed by atoms with van der Waals surface area (Å²) in [7, 11) is 0. The lowest BCUT2D eigenvalue weighted by Gasteiger charge is -1.93. The third-order valence-corrected chi connectivity index (χ3v) is 4.50. The standard InChI is InChI=1S/C8H8BrClS/c9-7-1-2-11-8(7)6-3-5(6)4-10/h1-2,5-6H,3-4H2. The third-order valence-electron chi connectivity index (χ3n) is 2.10. The highest BCUT2D eigenvalue weighted by molar-refractivity contribution is 9.10. The molecule has 0 spiro atoms. The van der Waals surface area contributed by atoms with E-state index in [1.807, 2.05) is 11.3 Å². The van der Waals surface area contributed by atoms with Crippen LogP contribution in [0, 0.1) is 5.92 Å². The summed E-state index contributed by atoms with van der Waals surface area (Å²) in [6.45, 7) is 0. The Balaban J connectivity index is 2.14. The van der Waals surface area contributed by atoms with Crippen molar-refractivity contribution < 1.29 is 0 Å². The van der Waals surface area contributed by atoms with Crippen LogP contribution in [0.3, 0.4) is 0 Å². The van der Waals surface area contributed by atoms with Gasteiger partial charge in [0.15, 0.2) is 0 Å². The Morgan fingerprint density at radius 1 is 1.73 bits per heavy atom. The van der Waals surface area contributed by atoms with Crippen molar-refractivity contribution in [2.75, 3.05) is 5.88 Å². The van der Waals surface area contributed by atoms with Crippen LogP contribution in [0.25, 0.3) is 0 Å². The maximum Gasteiger partial charge on any atom is 0.0317 e. The molecular formula is C8H8BrClS. The molecular weight excluding hydrogens is 244 g/mol. The molecule has 0 aromatic carbocycles. The van der Waals surface area contributed by atoms with Gasteiger partial charge < -0.3 is 0 Å². The van der Waals surface area contributed by atoms with Crippen molar-refractivity contribution in [3.05, 3.63) is 20.8 Å². The zero-order chi connectivity index (χ0) is 7.84. The lowest BCUT2D eigenvalue weighted by Crippen LogP contribution is -1.80. The Bertz CT molecular complexity index is 258. The molecule has 1 aromatic heterocycles. The van der Waals surface area contributed by atoms with Gasteiger partial charge in [0.25, 0.3) is 0 Å². The van der Waals surface area contributed by atoms with E-state index in [9.17, 15) is 0 Å². The number of hydrogen-bond donors (Lipinski definition) is 0. The second-order valence-electron chi connectivity index (χ2n) is 2.89. The number of halogens is 2. The Labute approximate surface area is 83.7 Å². The van der Waals surface area contributed by atoms with E-state index < -0.39 is 0 Å². The third kappa shape index (κ3) is 1.49. The van der Waals surface area contributed by atoms with E-state index in [1.165, 1.54) is 15.8 Å². The van der Waals surface area contributed by atoms with Crippen LogP contribution in [0.15, 0.2) is 15.9 Å². The summed E-state index contributed by atoms with van der Waals surface area (Å²) >= 11 is 11.1. The predicted molar refractivity (Wildman–Crippen MR) is 53.6 cm³/mol. The van der Waals surface area contributed by atoms with E-state index in [0.29, 0.717) is 0 Å². The molecule has 1 saturated carbocycles. The molecule has 1 aromatic rings. The van der Waals surface area contributed by atoms with Crippen molar-refractivity contribution in [1.29, 1.82) is 0 Å². The molecule has 0 bridgehead atoms. The van der Waals surface area contributed by atoms with Gasteiger partial charge >= 0.3 is 0 Å².